The lowest BCUT2D eigenvalue weighted by Gasteiger charge is -2.13. The number of non-ortho nitro benzene ring substituents is 1. The first-order valence-electron chi connectivity index (χ1n) is 11.0. The topological polar surface area (TPSA) is 158 Å². The third-order valence-electron chi connectivity index (χ3n) is 5.39. The fraction of sp³-hybridized carbons (Fsp3) is 0.120. The van der Waals surface area contributed by atoms with Crippen molar-refractivity contribution < 1.29 is 38.0 Å². The van der Waals surface area contributed by atoms with Gasteiger partial charge in [0.15, 0.2) is 0 Å². The van der Waals surface area contributed by atoms with E-state index in [0.717, 1.165) is 4.90 Å². The van der Waals surface area contributed by atoms with E-state index >= 15 is 0 Å². The smallest absolute Gasteiger partial charge is 0.339 e. The lowest BCUT2D eigenvalue weighted by molar-refractivity contribution is -0.384. The Kier molecular flexibility index (Phi) is 8.02. The number of esters is 1. The van der Waals surface area contributed by atoms with Crippen molar-refractivity contribution in [2.24, 2.45) is 0 Å². The molecule has 1 aliphatic heterocycles. The molecule has 2 heterocycles. The Bertz CT molecular complexity index is 1550. The van der Waals surface area contributed by atoms with E-state index in [0.29, 0.717) is 23.1 Å². The Morgan fingerprint density at radius 1 is 1.15 bits per heavy atom. The zero-order chi connectivity index (χ0) is 28.3. The summed E-state index contributed by atoms with van der Waals surface area (Å²) in [6.07, 6.45) is 1.35. The summed E-state index contributed by atoms with van der Waals surface area (Å²) in [5.41, 5.74) is 0.553. The van der Waals surface area contributed by atoms with E-state index in [-0.39, 0.29) is 38.4 Å². The van der Waals surface area contributed by atoms with Crippen molar-refractivity contribution in [1.29, 1.82) is 0 Å². The third kappa shape index (κ3) is 5.94. The second kappa shape index (κ2) is 11.4. The number of halogens is 1. The van der Waals surface area contributed by atoms with E-state index in [9.17, 15) is 29.3 Å². The highest BCUT2D eigenvalue weighted by atomic mass is 35.5. The molecule has 0 bridgehead atoms. The molecule has 12 nitrogen and oxygen atoms in total. The zero-order valence-electron chi connectivity index (χ0n) is 20.3. The molecule has 1 saturated heterocycles. The summed E-state index contributed by atoms with van der Waals surface area (Å²) in [6.45, 7) is -0.568. The van der Waals surface area contributed by atoms with E-state index in [4.69, 9.17) is 20.8 Å². The predicted octanol–water partition coefficient (Wildman–Crippen LogP) is 4.98. The van der Waals surface area contributed by atoms with Crippen molar-refractivity contribution in [2.75, 3.05) is 26.1 Å². The van der Waals surface area contributed by atoms with E-state index in [1.165, 1.54) is 56.7 Å². The molecule has 200 valence electrons. The van der Waals surface area contributed by atoms with Crippen LogP contribution in [0.2, 0.25) is 5.02 Å². The minimum atomic E-state index is -0.697. The number of hydrogen-bond acceptors (Lipinski definition) is 10. The fourth-order valence-corrected chi connectivity index (χ4v) is 4.56. The lowest BCUT2D eigenvalue weighted by Crippen LogP contribution is -2.36. The van der Waals surface area contributed by atoms with Crippen molar-refractivity contribution in [3.63, 3.8) is 0 Å². The first-order valence-corrected chi connectivity index (χ1v) is 12.2. The van der Waals surface area contributed by atoms with Crippen LogP contribution in [0.25, 0.3) is 17.4 Å². The molecular formula is C25H18ClN3O9S. The molecular weight excluding hydrogens is 554 g/mol. The van der Waals surface area contributed by atoms with Gasteiger partial charge in [0.2, 0.25) is 5.91 Å². The molecule has 2 aromatic carbocycles. The summed E-state index contributed by atoms with van der Waals surface area (Å²) in [7, 11) is 2.55. The van der Waals surface area contributed by atoms with Crippen LogP contribution in [0.5, 0.6) is 5.75 Å². The van der Waals surface area contributed by atoms with Crippen LogP contribution in [-0.4, -0.2) is 53.6 Å². The second-order valence-corrected chi connectivity index (χ2v) is 9.25. The van der Waals surface area contributed by atoms with Crippen LogP contribution in [0.3, 0.4) is 0 Å². The number of nitrogens with zero attached hydrogens (tertiary/aromatic N) is 2. The second-order valence-electron chi connectivity index (χ2n) is 7.85. The third-order valence-corrected chi connectivity index (χ3v) is 6.63. The van der Waals surface area contributed by atoms with Crippen LogP contribution in [0.1, 0.15) is 16.1 Å². The molecule has 1 N–H and O–H groups in total. The SMILES string of the molecule is COC(=O)c1cc(NC(=O)CN2C(=O)S/C(=C/c3ccc(-c4ccc([N+](=O)[O-])cc4OC)o3)C2=O)ccc1Cl. The molecule has 1 aromatic heterocycles. The van der Waals surface area contributed by atoms with Crippen LogP contribution in [0, 0.1) is 10.1 Å². The van der Waals surface area contributed by atoms with Crippen molar-refractivity contribution >= 4 is 63.8 Å². The Morgan fingerprint density at radius 2 is 1.92 bits per heavy atom. The number of nitro groups is 1. The fourth-order valence-electron chi connectivity index (χ4n) is 3.55. The molecule has 39 heavy (non-hydrogen) atoms. The van der Waals surface area contributed by atoms with Crippen molar-refractivity contribution in [2.45, 2.75) is 0 Å². The molecule has 3 aromatic rings. The number of benzene rings is 2. The average molecular weight is 572 g/mol. The number of anilines is 1. The predicted molar refractivity (Wildman–Crippen MR) is 141 cm³/mol. The minimum Gasteiger partial charge on any atom is -0.496 e. The van der Waals surface area contributed by atoms with Gasteiger partial charge in [-0.1, -0.05) is 11.6 Å². The number of furan rings is 1. The molecule has 14 heteroatoms. The number of imide groups is 1. The number of methoxy groups -OCH3 is 2. The summed E-state index contributed by atoms with van der Waals surface area (Å²) in [5, 5.41) is 13.0. The van der Waals surface area contributed by atoms with Gasteiger partial charge in [0.1, 0.15) is 23.8 Å². The Morgan fingerprint density at radius 3 is 2.62 bits per heavy atom. The van der Waals surface area contributed by atoms with Crippen LogP contribution >= 0.6 is 23.4 Å². The summed E-state index contributed by atoms with van der Waals surface area (Å²) >= 11 is 6.61. The summed E-state index contributed by atoms with van der Waals surface area (Å²) in [4.78, 5) is 60.9. The number of thioether (sulfide) groups is 1. The molecule has 0 aliphatic carbocycles. The van der Waals surface area contributed by atoms with Gasteiger partial charge in [-0.3, -0.25) is 29.4 Å². The van der Waals surface area contributed by atoms with Crippen molar-refractivity contribution in [3.05, 3.63) is 79.9 Å². The molecule has 4 rings (SSSR count). The van der Waals surface area contributed by atoms with Crippen LogP contribution in [-0.2, 0) is 14.3 Å². The van der Waals surface area contributed by atoms with E-state index in [1.807, 2.05) is 0 Å². The van der Waals surface area contributed by atoms with Crippen molar-refractivity contribution in [3.8, 4) is 17.1 Å². The maximum Gasteiger partial charge on any atom is 0.339 e. The molecule has 0 saturated carbocycles. The van der Waals surface area contributed by atoms with Gasteiger partial charge in [-0.25, -0.2) is 4.79 Å². The number of carbonyl (C=O) groups is 4. The number of rotatable bonds is 8. The monoisotopic (exact) mass is 571 g/mol. The van der Waals surface area contributed by atoms with E-state index in [1.54, 1.807) is 12.1 Å². The highest BCUT2D eigenvalue weighted by Crippen LogP contribution is 2.36. The van der Waals surface area contributed by atoms with Crippen LogP contribution < -0.4 is 10.1 Å². The highest BCUT2D eigenvalue weighted by molar-refractivity contribution is 8.18. The Balaban J connectivity index is 1.47. The van der Waals surface area contributed by atoms with Gasteiger partial charge in [0.25, 0.3) is 16.8 Å². The van der Waals surface area contributed by atoms with Crippen LogP contribution in [0.15, 0.2) is 57.9 Å². The molecule has 1 fully saturated rings. The van der Waals surface area contributed by atoms with Gasteiger partial charge in [-0.15, -0.1) is 0 Å². The maximum absolute atomic E-state index is 12.8. The maximum atomic E-state index is 12.8. The molecule has 0 spiro atoms. The zero-order valence-corrected chi connectivity index (χ0v) is 21.8. The number of nitrogens with one attached hydrogen (secondary N) is 1. The van der Waals surface area contributed by atoms with Crippen molar-refractivity contribution in [1.82, 2.24) is 4.90 Å². The molecule has 0 unspecified atom stereocenters. The number of ether oxygens (including phenoxy) is 2. The first-order chi connectivity index (χ1) is 18.6. The van der Waals surface area contributed by atoms with E-state index in [2.05, 4.69) is 10.1 Å². The largest absolute Gasteiger partial charge is 0.496 e. The molecule has 3 amide bonds. The van der Waals surface area contributed by atoms with E-state index < -0.39 is 34.5 Å². The molecule has 0 atom stereocenters. The van der Waals surface area contributed by atoms with Gasteiger partial charge >= 0.3 is 5.97 Å². The van der Waals surface area contributed by atoms with Gasteiger partial charge < -0.3 is 19.2 Å². The van der Waals surface area contributed by atoms with Gasteiger partial charge in [-0.05, 0) is 48.2 Å². The molecule has 0 radical (unpaired) electrons. The Labute approximate surface area is 229 Å². The van der Waals surface area contributed by atoms with Gasteiger partial charge in [0, 0.05) is 17.8 Å². The summed E-state index contributed by atoms with van der Waals surface area (Å²) in [6, 6.07) is 11.3. The van der Waals surface area contributed by atoms with Gasteiger partial charge in [0.05, 0.1) is 46.3 Å². The normalized spacial score (nSPS) is 14.0. The average Bonchev–Trinajstić information content (AvgIpc) is 3.48. The molecule has 1 aliphatic rings. The standard InChI is InChI=1S/C25H18ClN3O9S/c1-36-20-10-14(29(34)35)4-6-16(20)19-8-5-15(38-19)11-21-23(31)28(25(33)39-21)12-22(30)27-13-3-7-18(26)17(9-13)24(32)37-2/h3-11H,12H2,1-2H3,(H,27,30)/b21-11+. The quantitative estimate of drug-likeness (QED) is 0.169. The summed E-state index contributed by atoms with van der Waals surface area (Å²) in [5.74, 6) is -1.30. The number of nitro benzene ring substituents is 1. The number of hydrogen-bond donors (Lipinski definition) is 1. The van der Waals surface area contributed by atoms with Gasteiger partial charge in [-0.2, -0.15) is 0 Å². The minimum absolute atomic E-state index is 0.0313. The lowest BCUT2D eigenvalue weighted by atomic mass is 10.1. The first kappa shape index (κ1) is 27.4. The van der Waals surface area contributed by atoms with Crippen LogP contribution in [0.4, 0.5) is 16.2 Å². The number of amides is 3. The summed E-state index contributed by atoms with van der Waals surface area (Å²) < 4.78 is 15.6. The highest BCUT2D eigenvalue weighted by Gasteiger charge is 2.36. The number of carbonyl (C=O) groups excluding carboxylic acids is 4. The Hall–Kier alpha value is -4.62.